The van der Waals surface area contributed by atoms with Gasteiger partial charge in [0.2, 0.25) is 0 Å². The monoisotopic (exact) mass is 349 g/mol. The first-order chi connectivity index (χ1) is 10.1. The number of halogens is 2. The van der Waals surface area contributed by atoms with E-state index in [9.17, 15) is 4.39 Å². The number of aryl methyl sites for hydroxylation is 1. The molecule has 0 heterocycles. The molecule has 0 radical (unpaired) electrons. The van der Waals surface area contributed by atoms with Crippen molar-refractivity contribution < 1.29 is 4.39 Å². The molecule has 0 amide bonds. The van der Waals surface area contributed by atoms with Gasteiger partial charge in [0, 0.05) is 10.5 Å². The summed E-state index contributed by atoms with van der Waals surface area (Å²) in [7, 11) is 0. The van der Waals surface area contributed by atoms with Gasteiger partial charge in [-0.2, -0.15) is 0 Å². The number of benzene rings is 2. The molecule has 0 aliphatic rings. The van der Waals surface area contributed by atoms with Gasteiger partial charge in [-0.25, -0.2) is 4.39 Å². The molecular weight excluding hydrogens is 329 g/mol. The van der Waals surface area contributed by atoms with E-state index in [1.807, 2.05) is 12.1 Å². The fraction of sp³-hybridized carbons (Fsp3) is 0.333. The Balaban J connectivity index is 2.30. The molecule has 2 aromatic rings. The predicted molar refractivity (Wildman–Crippen MR) is 90.0 cm³/mol. The molecule has 2 aromatic carbocycles. The summed E-state index contributed by atoms with van der Waals surface area (Å²) in [5, 5.41) is 3.53. The summed E-state index contributed by atoms with van der Waals surface area (Å²) in [6, 6.07) is 13.3. The van der Waals surface area contributed by atoms with E-state index in [4.69, 9.17) is 0 Å². The van der Waals surface area contributed by atoms with Gasteiger partial charge < -0.3 is 5.32 Å². The maximum Gasteiger partial charge on any atom is 0.126 e. The van der Waals surface area contributed by atoms with Gasteiger partial charge in [-0.05, 0) is 49.1 Å². The summed E-state index contributed by atoms with van der Waals surface area (Å²) >= 11 is 3.67. The minimum Gasteiger partial charge on any atom is -0.310 e. The van der Waals surface area contributed by atoms with Gasteiger partial charge in [-0.3, -0.25) is 0 Å². The van der Waals surface area contributed by atoms with Gasteiger partial charge in [-0.15, -0.1) is 0 Å². The molecule has 0 aromatic heterocycles. The zero-order valence-electron chi connectivity index (χ0n) is 12.5. The van der Waals surface area contributed by atoms with Gasteiger partial charge in [0.25, 0.3) is 0 Å². The molecule has 1 unspecified atom stereocenters. The van der Waals surface area contributed by atoms with Crippen molar-refractivity contribution in [3.8, 4) is 0 Å². The molecule has 1 nitrogen and oxygen atoms in total. The SMILES string of the molecule is CCCNC(Cc1ccccc1F)c1cccc(C)c1Br. The molecule has 0 saturated heterocycles. The van der Waals surface area contributed by atoms with E-state index in [1.54, 1.807) is 6.07 Å². The van der Waals surface area contributed by atoms with E-state index in [0.29, 0.717) is 6.42 Å². The lowest BCUT2D eigenvalue weighted by Gasteiger charge is -2.21. The molecule has 112 valence electrons. The quantitative estimate of drug-likeness (QED) is 0.757. The lowest BCUT2D eigenvalue weighted by Crippen LogP contribution is -2.25. The van der Waals surface area contributed by atoms with E-state index in [1.165, 1.54) is 17.2 Å². The van der Waals surface area contributed by atoms with Gasteiger partial charge in [0.05, 0.1) is 0 Å². The standard InChI is InChI=1S/C18H21BrFN/c1-3-11-21-17(12-14-8-4-5-10-16(14)20)15-9-6-7-13(2)18(15)19/h4-10,17,21H,3,11-12H2,1-2H3. The zero-order valence-corrected chi connectivity index (χ0v) is 14.1. The van der Waals surface area contributed by atoms with Crippen LogP contribution in [0.4, 0.5) is 4.39 Å². The summed E-state index contributed by atoms with van der Waals surface area (Å²) in [6.07, 6.45) is 1.70. The number of nitrogens with one attached hydrogen (secondary N) is 1. The van der Waals surface area contributed by atoms with E-state index in [2.05, 4.69) is 53.3 Å². The number of rotatable bonds is 6. The van der Waals surface area contributed by atoms with Crippen molar-refractivity contribution in [2.45, 2.75) is 32.7 Å². The van der Waals surface area contributed by atoms with Crippen LogP contribution in [0.15, 0.2) is 46.9 Å². The molecule has 0 aliphatic carbocycles. The first-order valence-electron chi connectivity index (χ1n) is 7.35. The zero-order chi connectivity index (χ0) is 15.2. The summed E-state index contributed by atoms with van der Waals surface area (Å²) in [5.74, 6) is -0.135. The fourth-order valence-electron chi connectivity index (χ4n) is 2.43. The van der Waals surface area contributed by atoms with Gasteiger partial charge in [0.15, 0.2) is 0 Å². The third-order valence-corrected chi connectivity index (χ3v) is 4.70. The van der Waals surface area contributed by atoms with Gasteiger partial charge in [0.1, 0.15) is 5.82 Å². The molecule has 0 spiro atoms. The summed E-state index contributed by atoms with van der Waals surface area (Å²) in [4.78, 5) is 0. The van der Waals surface area contributed by atoms with Crippen LogP contribution in [-0.4, -0.2) is 6.54 Å². The van der Waals surface area contributed by atoms with Crippen LogP contribution in [0.2, 0.25) is 0 Å². The van der Waals surface area contributed by atoms with E-state index < -0.39 is 0 Å². The highest BCUT2D eigenvalue weighted by atomic mass is 79.9. The second-order valence-corrected chi connectivity index (χ2v) is 6.07. The summed E-state index contributed by atoms with van der Waals surface area (Å²) < 4.78 is 15.0. The molecule has 0 saturated carbocycles. The van der Waals surface area contributed by atoms with Crippen LogP contribution >= 0.6 is 15.9 Å². The minimum atomic E-state index is -0.135. The molecule has 2 rings (SSSR count). The average molecular weight is 350 g/mol. The second kappa shape index (κ2) is 7.71. The van der Waals surface area contributed by atoms with Crippen LogP contribution in [0.5, 0.6) is 0 Å². The Morgan fingerprint density at radius 3 is 2.62 bits per heavy atom. The minimum absolute atomic E-state index is 0.108. The Hall–Kier alpha value is -1.19. The van der Waals surface area contributed by atoms with Crippen molar-refractivity contribution in [3.05, 3.63) is 69.4 Å². The Kier molecular flexibility index (Phi) is 5.95. The first-order valence-corrected chi connectivity index (χ1v) is 8.14. The molecule has 1 N–H and O–H groups in total. The van der Waals surface area contributed by atoms with Crippen molar-refractivity contribution in [2.24, 2.45) is 0 Å². The van der Waals surface area contributed by atoms with Crippen LogP contribution in [0.3, 0.4) is 0 Å². The van der Waals surface area contributed by atoms with Crippen LogP contribution in [0.25, 0.3) is 0 Å². The van der Waals surface area contributed by atoms with Gasteiger partial charge >= 0.3 is 0 Å². The van der Waals surface area contributed by atoms with Gasteiger partial charge in [-0.1, -0.05) is 59.3 Å². The molecule has 0 aliphatic heterocycles. The number of hydrogen-bond donors (Lipinski definition) is 1. The lowest BCUT2D eigenvalue weighted by molar-refractivity contribution is 0.511. The van der Waals surface area contributed by atoms with Crippen molar-refractivity contribution in [1.82, 2.24) is 5.32 Å². The normalized spacial score (nSPS) is 12.4. The molecule has 21 heavy (non-hydrogen) atoms. The van der Waals surface area contributed by atoms with Crippen LogP contribution in [-0.2, 0) is 6.42 Å². The van der Waals surface area contributed by atoms with E-state index in [-0.39, 0.29) is 11.9 Å². The van der Waals surface area contributed by atoms with Crippen molar-refractivity contribution in [2.75, 3.05) is 6.54 Å². The number of hydrogen-bond acceptors (Lipinski definition) is 1. The van der Waals surface area contributed by atoms with E-state index in [0.717, 1.165) is 23.0 Å². The Bertz CT molecular complexity index is 598. The maximum absolute atomic E-state index is 13.9. The highest BCUT2D eigenvalue weighted by Gasteiger charge is 2.17. The topological polar surface area (TPSA) is 12.0 Å². The Morgan fingerprint density at radius 2 is 1.90 bits per heavy atom. The summed E-state index contributed by atoms with van der Waals surface area (Å²) in [5.41, 5.74) is 3.13. The smallest absolute Gasteiger partial charge is 0.126 e. The molecule has 0 fully saturated rings. The average Bonchev–Trinajstić information content (AvgIpc) is 2.48. The highest BCUT2D eigenvalue weighted by molar-refractivity contribution is 9.10. The van der Waals surface area contributed by atoms with Crippen molar-refractivity contribution in [3.63, 3.8) is 0 Å². The second-order valence-electron chi connectivity index (χ2n) is 5.28. The third-order valence-electron chi connectivity index (χ3n) is 3.62. The molecule has 0 bridgehead atoms. The first kappa shape index (κ1) is 16.2. The summed E-state index contributed by atoms with van der Waals surface area (Å²) in [6.45, 7) is 5.13. The maximum atomic E-state index is 13.9. The fourth-order valence-corrected chi connectivity index (χ4v) is 2.97. The van der Waals surface area contributed by atoms with Crippen molar-refractivity contribution >= 4 is 15.9 Å². The van der Waals surface area contributed by atoms with Crippen LogP contribution < -0.4 is 5.32 Å². The van der Waals surface area contributed by atoms with Crippen LogP contribution in [0, 0.1) is 12.7 Å². The highest BCUT2D eigenvalue weighted by Crippen LogP contribution is 2.29. The van der Waals surface area contributed by atoms with E-state index >= 15 is 0 Å². The third kappa shape index (κ3) is 4.14. The Morgan fingerprint density at radius 1 is 1.14 bits per heavy atom. The molecule has 3 heteroatoms. The largest absolute Gasteiger partial charge is 0.310 e. The Labute approximate surface area is 134 Å². The molecular formula is C18H21BrFN. The predicted octanol–water partition coefficient (Wildman–Crippen LogP) is 5.18. The molecule has 1 atom stereocenters. The lowest BCUT2D eigenvalue weighted by atomic mass is 9.97. The van der Waals surface area contributed by atoms with Crippen molar-refractivity contribution in [1.29, 1.82) is 0 Å². The van der Waals surface area contributed by atoms with Crippen LogP contribution in [0.1, 0.15) is 36.1 Å².